The van der Waals surface area contributed by atoms with E-state index in [2.05, 4.69) is 26.2 Å². The first-order valence-electron chi connectivity index (χ1n) is 5.83. The van der Waals surface area contributed by atoms with E-state index < -0.39 is 6.10 Å². The van der Waals surface area contributed by atoms with E-state index >= 15 is 0 Å². The molecule has 2 heterocycles. The molecule has 5 heteroatoms. The number of H-pyrrole nitrogens is 1. The van der Waals surface area contributed by atoms with E-state index in [4.69, 9.17) is 0 Å². The molecule has 88 valence electrons. The molecule has 2 N–H and O–H groups in total. The van der Waals surface area contributed by atoms with Crippen molar-refractivity contribution in [1.82, 2.24) is 20.2 Å². The predicted molar refractivity (Wildman–Crippen MR) is 61.3 cm³/mol. The molecule has 0 spiro atoms. The van der Waals surface area contributed by atoms with Crippen LogP contribution in [0.4, 0.5) is 0 Å². The normalized spacial score (nSPS) is 20.9. The third-order valence-electron chi connectivity index (χ3n) is 3.33. The molecule has 2 aromatic rings. The van der Waals surface area contributed by atoms with Crippen molar-refractivity contribution < 1.29 is 5.11 Å². The highest BCUT2D eigenvalue weighted by atomic mass is 16.3. The molecule has 2 unspecified atom stereocenters. The SMILES string of the molecule is OC(c1ncn[nH]1)C1CCCc2cccnc21. The van der Waals surface area contributed by atoms with Crippen LogP contribution in [0.2, 0.25) is 0 Å². The molecule has 2 atom stereocenters. The molecular weight excluding hydrogens is 216 g/mol. The minimum absolute atomic E-state index is 0.0212. The molecule has 17 heavy (non-hydrogen) atoms. The Hall–Kier alpha value is -1.75. The summed E-state index contributed by atoms with van der Waals surface area (Å²) in [5, 5.41) is 16.8. The number of aliphatic hydroxyl groups is 1. The Morgan fingerprint density at radius 3 is 3.18 bits per heavy atom. The summed E-state index contributed by atoms with van der Waals surface area (Å²) >= 11 is 0. The van der Waals surface area contributed by atoms with Crippen LogP contribution in [0, 0.1) is 0 Å². The lowest BCUT2D eigenvalue weighted by Gasteiger charge is -2.26. The number of nitrogens with zero attached hydrogens (tertiary/aromatic N) is 3. The monoisotopic (exact) mass is 230 g/mol. The largest absolute Gasteiger partial charge is 0.384 e. The van der Waals surface area contributed by atoms with Gasteiger partial charge in [-0.2, -0.15) is 5.10 Å². The van der Waals surface area contributed by atoms with Gasteiger partial charge >= 0.3 is 0 Å². The fraction of sp³-hybridized carbons (Fsp3) is 0.417. The molecule has 0 radical (unpaired) electrons. The van der Waals surface area contributed by atoms with E-state index in [0.29, 0.717) is 5.82 Å². The maximum atomic E-state index is 10.3. The molecule has 1 aliphatic carbocycles. The van der Waals surface area contributed by atoms with Gasteiger partial charge in [0, 0.05) is 17.8 Å². The highest BCUT2D eigenvalue weighted by molar-refractivity contribution is 5.27. The summed E-state index contributed by atoms with van der Waals surface area (Å²) < 4.78 is 0. The summed E-state index contributed by atoms with van der Waals surface area (Å²) in [7, 11) is 0. The average Bonchev–Trinajstić information content (AvgIpc) is 2.91. The van der Waals surface area contributed by atoms with Gasteiger partial charge in [0.15, 0.2) is 5.82 Å². The van der Waals surface area contributed by atoms with Crippen molar-refractivity contribution in [3.8, 4) is 0 Å². The zero-order valence-corrected chi connectivity index (χ0v) is 9.37. The van der Waals surface area contributed by atoms with Gasteiger partial charge in [-0.1, -0.05) is 6.07 Å². The van der Waals surface area contributed by atoms with Crippen LogP contribution in [0.15, 0.2) is 24.7 Å². The van der Waals surface area contributed by atoms with Crippen LogP contribution in [0.25, 0.3) is 0 Å². The topological polar surface area (TPSA) is 74.7 Å². The standard InChI is InChI=1S/C12H14N4O/c17-11(12-14-7-15-16-12)9-5-1-3-8-4-2-6-13-10(8)9/h2,4,6-7,9,11,17H,1,3,5H2,(H,14,15,16). The second kappa shape index (κ2) is 4.25. The Balaban J connectivity index is 1.95. The van der Waals surface area contributed by atoms with Crippen LogP contribution in [0.1, 0.15) is 41.9 Å². The molecule has 5 nitrogen and oxygen atoms in total. The summed E-state index contributed by atoms with van der Waals surface area (Å²) in [6, 6.07) is 4.03. The lowest BCUT2D eigenvalue weighted by Crippen LogP contribution is -2.19. The lowest BCUT2D eigenvalue weighted by molar-refractivity contribution is 0.125. The third-order valence-corrected chi connectivity index (χ3v) is 3.33. The molecule has 1 aliphatic rings. The maximum Gasteiger partial charge on any atom is 0.153 e. The number of rotatable bonds is 2. The Morgan fingerprint density at radius 1 is 1.41 bits per heavy atom. The van der Waals surface area contributed by atoms with Crippen molar-refractivity contribution in [1.29, 1.82) is 0 Å². The van der Waals surface area contributed by atoms with Crippen molar-refractivity contribution >= 4 is 0 Å². The molecule has 2 aromatic heterocycles. The maximum absolute atomic E-state index is 10.3. The van der Waals surface area contributed by atoms with Gasteiger partial charge in [-0.25, -0.2) is 4.98 Å². The van der Waals surface area contributed by atoms with Gasteiger partial charge in [0.2, 0.25) is 0 Å². The number of nitrogens with one attached hydrogen (secondary N) is 1. The van der Waals surface area contributed by atoms with E-state index in [0.717, 1.165) is 25.0 Å². The van der Waals surface area contributed by atoms with Crippen molar-refractivity contribution in [2.75, 3.05) is 0 Å². The second-order valence-corrected chi connectivity index (χ2v) is 4.36. The molecule has 0 fully saturated rings. The summed E-state index contributed by atoms with van der Waals surface area (Å²) in [6.45, 7) is 0. The van der Waals surface area contributed by atoms with E-state index in [1.54, 1.807) is 6.20 Å². The first-order valence-corrected chi connectivity index (χ1v) is 5.83. The van der Waals surface area contributed by atoms with Crippen LogP contribution in [0.5, 0.6) is 0 Å². The van der Waals surface area contributed by atoms with Gasteiger partial charge in [0.05, 0.1) is 0 Å². The van der Waals surface area contributed by atoms with E-state index in [1.807, 2.05) is 6.07 Å². The lowest BCUT2D eigenvalue weighted by atomic mass is 9.83. The number of hydrogen-bond donors (Lipinski definition) is 2. The number of aliphatic hydroxyl groups excluding tert-OH is 1. The summed E-state index contributed by atoms with van der Waals surface area (Å²) in [4.78, 5) is 8.43. The van der Waals surface area contributed by atoms with E-state index in [9.17, 15) is 5.11 Å². The zero-order chi connectivity index (χ0) is 11.7. The molecule has 0 saturated heterocycles. The summed E-state index contributed by atoms with van der Waals surface area (Å²) in [6.07, 6.45) is 5.61. The Kier molecular flexibility index (Phi) is 2.60. The second-order valence-electron chi connectivity index (χ2n) is 4.36. The number of aromatic nitrogens is 4. The Morgan fingerprint density at radius 2 is 2.35 bits per heavy atom. The summed E-state index contributed by atoms with van der Waals surface area (Å²) in [5.74, 6) is 0.543. The quantitative estimate of drug-likeness (QED) is 0.816. The fourth-order valence-electron chi connectivity index (χ4n) is 2.50. The highest BCUT2D eigenvalue weighted by Gasteiger charge is 2.30. The Bertz CT molecular complexity index is 497. The minimum atomic E-state index is -0.647. The first-order chi connectivity index (χ1) is 8.36. The van der Waals surface area contributed by atoms with E-state index in [1.165, 1.54) is 11.9 Å². The van der Waals surface area contributed by atoms with Gasteiger partial charge in [-0.05, 0) is 30.9 Å². The van der Waals surface area contributed by atoms with Crippen molar-refractivity contribution in [3.63, 3.8) is 0 Å². The minimum Gasteiger partial charge on any atom is -0.384 e. The summed E-state index contributed by atoms with van der Waals surface area (Å²) in [5.41, 5.74) is 2.24. The smallest absolute Gasteiger partial charge is 0.153 e. The predicted octanol–water partition coefficient (Wildman–Crippen LogP) is 1.35. The molecule has 0 bridgehead atoms. The van der Waals surface area contributed by atoms with Gasteiger partial charge < -0.3 is 5.11 Å². The van der Waals surface area contributed by atoms with Crippen LogP contribution in [-0.2, 0) is 6.42 Å². The number of pyridine rings is 1. The van der Waals surface area contributed by atoms with E-state index in [-0.39, 0.29) is 5.92 Å². The number of hydrogen-bond acceptors (Lipinski definition) is 4. The molecule has 0 saturated carbocycles. The first kappa shape index (κ1) is 10.4. The molecular formula is C12H14N4O. The number of fused-ring (bicyclic) bond motifs is 1. The molecule has 0 aromatic carbocycles. The zero-order valence-electron chi connectivity index (χ0n) is 9.37. The van der Waals surface area contributed by atoms with Crippen LogP contribution >= 0.6 is 0 Å². The van der Waals surface area contributed by atoms with Crippen molar-refractivity contribution in [2.24, 2.45) is 0 Å². The Labute approximate surface area is 98.9 Å². The van der Waals surface area contributed by atoms with Crippen LogP contribution < -0.4 is 0 Å². The van der Waals surface area contributed by atoms with Crippen molar-refractivity contribution in [3.05, 3.63) is 41.7 Å². The number of aromatic amines is 1. The van der Waals surface area contributed by atoms with Crippen molar-refractivity contribution in [2.45, 2.75) is 31.3 Å². The van der Waals surface area contributed by atoms with Gasteiger partial charge in [-0.3, -0.25) is 10.1 Å². The highest BCUT2D eigenvalue weighted by Crippen LogP contribution is 2.37. The van der Waals surface area contributed by atoms with Gasteiger partial charge in [0.1, 0.15) is 12.4 Å². The molecule has 3 rings (SSSR count). The number of aryl methyl sites for hydroxylation is 1. The fourth-order valence-corrected chi connectivity index (χ4v) is 2.50. The molecule has 0 aliphatic heterocycles. The third kappa shape index (κ3) is 1.82. The van der Waals surface area contributed by atoms with Gasteiger partial charge in [-0.15, -0.1) is 0 Å². The average molecular weight is 230 g/mol. The van der Waals surface area contributed by atoms with Crippen LogP contribution in [-0.4, -0.2) is 25.3 Å². The van der Waals surface area contributed by atoms with Gasteiger partial charge in [0.25, 0.3) is 0 Å². The van der Waals surface area contributed by atoms with Crippen LogP contribution in [0.3, 0.4) is 0 Å². The molecule has 0 amide bonds.